The third-order valence-corrected chi connectivity index (χ3v) is 4.97. The van der Waals surface area contributed by atoms with Crippen LogP contribution in [0.5, 0.6) is 0 Å². The summed E-state index contributed by atoms with van der Waals surface area (Å²) in [4.78, 5) is 30.7. The highest BCUT2D eigenvalue weighted by atomic mass is 16.3. The van der Waals surface area contributed by atoms with Gasteiger partial charge in [-0.2, -0.15) is 0 Å². The van der Waals surface area contributed by atoms with E-state index in [2.05, 4.69) is 4.98 Å². The zero-order chi connectivity index (χ0) is 19.1. The van der Waals surface area contributed by atoms with Gasteiger partial charge in [0.1, 0.15) is 0 Å². The van der Waals surface area contributed by atoms with Crippen LogP contribution >= 0.6 is 0 Å². The zero-order valence-corrected chi connectivity index (χ0v) is 15.2. The number of ketones is 1. The third-order valence-electron chi connectivity index (χ3n) is 4.97. The number of nitrogens with zero attached hydrogens (tertiary/aromatic N) is 1. The van der Waals surface area contributed by atoms with Crippen LogP contribution in [0.1, 0.15) is 41.2 Å². The number of aryl methyl sites for hydroxylation is 1. The summed E-state index contributed by atoms with van der Waals surface area (Å²) in [6, 6.07) is 10.2. The fourth-order valence-electron chi connectivity index (χ4n) is 3.85. The number of aromatic amines is 1. The molecular weight excluding hydrogens is 344 g/mol. The third kappa shape index (κ3) is 2.56. The number of benzene rings is 1. The summed E-state index contributed by atoms with van der Waals surface area (Å²) in [7, 11) is 0. The molecule has 0 saturated heterocycles. The Bertz CT molecular complexity index is 1060. The average molecular weight is 364 g/mol. The molecular formula is C21H20N2O4. The first-order chi connectivity index (χ1) is 13.0. The second kappa shape index (κ2) is 6.46. The lowest BCUT2D eigenvalue weighted by molar-refractivity contribution is -0.129. The molecule has 3 aromatic rings. The van der Waals surface area contributed by atoms with Gasteiger partial charge in [0.25, 0.3) is 5.91 Å². The highest BCUT2D eigenvalue weighted by Gasteiger charge is 2.45. The molecule has 0 fully saturated rings. The fraction of sp³-hybridized carbons (Fsp3) is 0.238. The largest absolute Gasteiger partial charge is 0.503 e. The van der Waals surface area contributed by atoms with E-state index in [1.54, 1.807) is 11.0 Å². The smallest absolute Gasteiger partial charge is 0.290 e. The minimum atomic E-state index is -0.661. The highest BCUT2D eigenvalue weighted by molar-refractivity contribution is 6.15. The maximum atomic E-state index is 13.1. The van der Waals surface area contributed by atoms with Crippen LogP contribution in [0.25, 0.3) is 10.9 Å². The number of para-hydroxylation sites is 1. The maximum absolute atomic E-state index is 13.1. The average Bonchev–Trinajstić information content (AvgIpc) is 3.35. The van der Waals surface area contributed by atoms with E-state index in [4.69, 9.17) is 4.42 Å². The number of carbonyl (C=O) groups is 2. The molecule has 1 aromatic carbocycles. The van der Waals surface area contributed by atoms with Crippen LogP contribution in [0.4, 0.5) is 0 Å². The van der Waals surface area contributed by atoms with E-state index in [1.807, 2.05) is 38.1 Å². The van der Waals surface area contributed by atoms with Crippen LogP contribution in [-0.4, -0.2) is 33.2 Å². The number of H-pyrrole nitrogens is 1. The molecule has 1 aliphatic rings. The van der Waals surface area contributed by atoms with E-state index < -0.39 is 23.5 Å². The summed E-state index contributed by atoms with van der Waals surface area (Å²) in [6.45, 7) is 4.30. The minimum Gasteiger partial charge on any atom is -0.503 e. The van der Waals surface area contributed by atoms with Crippen molar-refractivity contribution in [1.82, 2.24) is 9.88 Å². The summed E-state index contributed by atoms with van der Waals surface area (Å²) >= 11 is 0. The van der Waals surface area contributed by atoms with Crippen LogP contribution in [-0.2, 0) is 4.79 Å². The second-order valence-electron chi connectivity index (χ2n) is 6.68. The van der Waals surface area contributed by atoms with Crippen molar-refractivity contribution in [2.45, 2.75) is 26.3 Å². The molecule has 3 heterocycles. The lowest BCUT2D eigenvalue weighted by atomic mass is 9.93. The predicted molar refractivity (Wildman–Crippen MR) is 100 cm³/mol. The molecule has 0 radical (unpaired) electrons. The normalized spacial score (nSPS) is 17.3. The highest BCUT2D eigenvalue weighted by Crippen LogP contribution is 2.43. The summed E-state index contributed by atoms with van der Waals surface area (Å²) in [5.74, 6) is -1.40. The molecule has 1 unspecified atom stereocenters. The number of furan rings is 1. The monoisotopic (exact) mass is 364 g/mol. The van der Waals surface area contributed by atoms with Gasteiger partial charge in [0.2, 0.25) is 5.78 Å². The first-order valence-corrected chi connectivity index (χ1v) is 8.94. The number of rotatable bonds is 5. The predicted octanol–water partition coefficient (Wildman–Crippen LogP) is 4.06. The van der Waals surface area contributed by atoms with E-state index >= 15 is 0 Å². The number of hydrogen-bond acceptors (Lipinski definition) is 4. The number of hydrogen-bond donors (Lipinski definition) is 2. The van der Waals surface area contributed by atoms with Gasteiger partial charge in [0, 0.05) is 28.7 Å². The molecule has 2 N–H and O–H groups in total. The standard InChI is InChI=1S/C21H20N2O4/c1-3-10-23-18(16-12(2)22-14-8-5-4-7-13(14)16)17(20(25)21(23)26)19(24)15-9-6-11-27-15/h4-9,11,18,22,25H,3,10H2,1-2H3. The van der Waals surface area contributed by atoms with Crippen molar-refractivity contribution in [3.8, 4) is 0 Å². The van der Waals surface area contributed by atoms with Crippen molar-refractivity contribution in [2.24, 2.45) is 0 Å². The SMILES string of the molecule is CCCN1C(=O)C(O)=C(C(=O)c2ccco2)C1c1c(C)[nH]c2ccccc12. The Hall–Kier alpha value is -3.28. The topological polar surface area (TPSA) is 86.5 Å². The first kappa shape index (κ1) is 17.1. The van der Waals surface area contributed by atoms with Gasteiger partial charge in [-0.15, -0.1) is 0 Å². The lowest BCUT2D eigenvalue weighted by Crippen LogP contribution is -2.32. The Kier molecular flexibility index (Phi) is 4.11. The van der Waals surface area contributed by atoms with Gasteiger partial charge in [0.15, 0.2) is 11.5 Å². The van der Waals surface area contributed by atoms with Gasteiger partial charge in [0.05, 0.1) is 17.9 Å². The van der Waals surface area contributed by atoms with Crippen LogP contribution in [0, 0.1) is 6.92 Å². The molecule has 0 bridgehead atoms. The number of aliphatic hydroxyl groups is 1. The second-order valence-corrected chi connectivity index (χ2v) is 6.68. The lowest BCUT2D eigenvalue weighted by Gasteiger charge is -2.26. The van der Waals surface area contributed by atoms with Crippen molar-refractivity contribution < 1.29 is 19.1 Å². The van der Waals surface area contributed by atoms with Crippen LogP contribution in [0.15, 0.2) is 58.4 Å². The van der Waals surface area contributed by atoms with Gasteiger partial charge < -0.3 is 19.4 Å². The summed E-state index contributed by atoms with van der Waals surface area (Å²) in [5.41, 5.74) is 2.67. The van der Waals surface area contributed by atoms with Crippen molar-refractivity contribution in [2.75, 3.05) is 6.54 Å². The molecule has 2 aromatic heterocycles. The number of amides is 1. The van der Waals surface area contributed by atoms with Gasteiger partial charge >= 0.3 is 0 Å². The Balaban J connectivity index is 1.94. The van der Waals surface area contributed by atoms with Gasteiger partial charge in [-0.3, -0.25) is 9.59 Å². The Morgan fingerprint density at radius 1 is 1.26 bits per heavy atom. The number of Topliss-reactive ketones (excluding diaryl/α,β-unsaturated/α-hetero) is 1. The van der Waals surface area contributed by atoms with Crippen molar-refractivity contribution in [3.05, 3.63) is 71.0 Å². The minimum absolute atomic E-state index is 0.0660. The van der Waals surface area contributed by atoms with Gasteiger partial charge in [-0.05, 0) is 31.5 Å². The van der Waals surface area contributed by atoms with E-state index in [9.17, 15) is 14.7 Å². The number of nitrogens with one attached hydrogen (secondary N) is 1. The van der Waals surface area contributed by atoms with E-state index in [0.29, 0.717) is 13.0 Å². The molecule has 0 spiro atoms. The summed E-state index contributed by atoms with van der Waals surface area (Å²) in [5, 5.41) is 11.5. The Morgan fingerprint density at radius 3 is 2.74 bits per heavy atom. The molecule has 1 atom stereocenters. The Labute approximate surface area is 156 Å². The van der Waals surface area contributed by atoms with Crippen LogP contribution < -0.4 is 0 Å². The molecule has 6 heteroatoms. The maximum Gasteiger partial charge on any atom is 0.290 e. The van der Waals surface area contributed by atoms with Crippen molar-refractivity contribution >= 4 is 22.6 Å². The summed E-state index contributed by atoms with van der Waals surface area (Å²) < 4.78 is 5.24. The van der Waals surface area contributed by atoms with E-state index in [1.165, 1.54) is 12.3 Å². The van der Waals surface area contributed by atoms with E-state index in [-0.39, 0.29) is 11.3 Å². The van der Waals surface area contributed by atoms with Gasteiger partial charge in [-0.25, -0.2) is 0 Å². The molecule has 1 aliphatic heterocycles. The quantitative estimate of drug-likeness (QED) is 0.669. The molecule has 27 heavy (non-hydrogen) atoms. The molecule has 0 saturated carbocycles. The molecule has 6 nitrogen and oxygen atoms in total. The van der Waals surface area contributed by atoms with Crippen LogP contribution in [0.2, 0.25) is 0 Å². The number of aromatic nitrogens is 1. The van der Waals surface area contributed by atoms with E-state index in [0.717, 1.165) is 22.2 Å². The first-order valence-electron chi connectivity index (χ1n) is 8.94. The molecule has 138 valence electrons. The number of carbonyl (C=O) groups excluding carboxylic acids is 2. The summed E-state index contributed by atoms with van der Waals surface area (Å²) in [6.07, 6.45) is 2.11. The van der Waals surface area contributed by atoms with Crippen LogP contribution in [0.3, 0.4) is 0 Å². The zero-order valence-electron chi connectivity index (χ0n) is 15.2. The molecule has 0 aliphatic carbocycles. The Morgan fingerprint density at radius 2 is 2.04 bits per heavy atom. The number of aliphatic hydroxyl groups excluding tert-OH is 1. The molecule has 1 amide bonds. The number of fused-ring (bicyclic) bond motifs is 1. The molecule has 4 rings (SSSR count). The van der Waals surface area contributed by atoms with Crippen molar-refractivity contribution in [3.63, 3.8) is 0 Å². The fourth-order valence-corrected chi connectivity index (χ4v) is 3.85. The van der Waals surface area contributed by atoms with Crippen molar-refractivity contribution in [1.29, 1.82) is 0 Å². The van der Waals surface area contributed by atoms with Gasteiger partial charge in [-0.1, -0.05) is 25.1 Å².